The lowest BCUT2D eigenvalue weighted by Crippen LogP contribution is -2.74. The molecule has 1 saturated carbocycles. The minimum atomic E-state index is -2.62. The molecule has 2 rings (SSSR count). The summed E-state index contributed by atoms with van der Waals surface area (Å²) in [4.78, 5) is 26.0. The molecule has 1 unspecified atom stereocenters. The number of hydrogen-bond donors (Lipinski definition) is 1. The zero-order valence-electron chi connectivity index (χ0n) is 11.3. The molecule has 1 atom stereocenters. The Morgan fingerprint density at radius 3 is 2.37 bits per heavy atom. The van der Waals surface area contributed by atoms with Crippen LogP contribution in [0, 0.1) is 0 Å². The van der Waals surface area contributed by atoms with E-state index in [1.165, 1.54) is 0 Å². The zero-order chi connectivity index (χ0) is 14.3. The molecule has 0 aromatic carbocycles. The molecular formula is C13H20F2N2O2. The molecule has 1 spiro atoms. The van der Waals surface area contributed by atoms with E-state index in [0.717, 1.165) is 17.7 Å². The number of alkyl halides is 2. The second-order valence-electron chi connectivity index (χ2n) is 5.69. The number of rotatable bonds is 3. The molecule has 1 N–H and O–H groups in total. The summed E-state index contributed by atoms with van der Waals surface area (Å²) in [5.41, 5.74) is -2.10. The van der Waals surface area contributed by atoms with Gasteiger partial charge in [0.2, 0.25) is 11.8 Å². The number of carbonyl (C=O) groups is 2. The highest BCUT2D eigenvalue weighted by molar-refractivity contribution is 6.02. The number of amides is 2. The van der Waals surface area contributed by atoms with Gasteiger partial charge >= 0.3 is 0 Å². The maximum Gasteiger partial charge on any atom is 0.255 e. The molecule has 2 aliphatic rings. The lowest BCUT2D eigenvalue weighted by atomic mass is 9.83. The number of halogens is 2. The van der Waals surface area contributed by atoms with Crippen molar-refractivity contribution < 1.29 is 18.4 Å². The van der Waals surface area contributed by atoms with Crippen LogP contribution in [0.1, 0.15) is 46.0 Å². The van der Waals surface area contributed by atoms with Crippen molar-refractivity contribution in [1.82, 2.24) is 10.2 Å². The fraction of sp³-hybridized carbons (Fsp3) is 0.846. The predicted molar refractivity (Wildman–Crippen MR) is 65.8 cm³/mol. The largest absolute Gasteiger partial charge is 0.340 e. The summed E-state index contributed by atoms with van der Waals surface area (Å²) in [7, 11) is 0. The second-order valence-corrected chi connectivity index (χ2v) is 5.69. The third kappa shape index (κ3) is 2.11. The molecule has 0 aromatic heterocycles. The average Bonchev–Trinajstić information content (AvgIpc) is 2.83. The van der Waals surface area contributed by atoms with Crippen LogP contribution < -0.4 is 5.32 Å². The van der Waals surface area contributed by atoms with Crippen LogP contribution in [0.3, 0.4) is 0 Å². The van der Waals surface area contributed by atoms with Crippen molar-refractivity contribution in [2.24, 2.45) is 0 Å². The molecule has 1 aliphatic heterocycles. The van der Waals surface area contributed by atoms with Crippen LogP contribution in [0.5, 0.6) is 0 Å². The topological polar surface area (TPSA) is 49.4 Å². The van der Waals surface area contributed by atoms with Gasteiger partial charge in [0.1, 0.15) is 11.1 Å². The molecule has 1 aliphatic carbocycles. The monoisotopic (exact) mass is 274 g/mol. The zero-order valence-corrected chi connectivity index (χ0v) is 11.3. The third-order valence-corrected chi connectivity index (χ3v) is 4.50. The fourth-order valence-corrected chi connectivity index (χ4v) is 3.13. The van der Waals surface area contributed by atoms with Crippen LogP contribution in [0.4, 0.5) is 8.78 Å². The van der Waals surface area contributed by atoms with Crippen LogP contribution in [0.2, 0.25) is 0 Å². The van der Waals surface area contributed by atoms with E-state index in [1.54, 1.807) is 13.8 Å². The van der Waals surface area contributed by atoms with E-state index >= 15 is 0 Å². The first-order valence-electron chi connectivity index (χ1n) is 6.78. The summed E-state index contributed by atoms with van der Waals surface area (Å²) in [6.07, 6.45) is 0.335. The molecule has 108 valence electrons. The Labute approximate surface area is 111 Å². The van der Waals surface area contributed by atoms with Gasteiger partial charge < -0.3 is 10.2 Å². The molecule has 0 bridgehead atoms. The van der Waals surface area contributed by atoms with Crippen molar-refractivity contribution in [3.05, 3.63) is 0 Å². The third-order valence-electron chi connectivity index (χ3n) is 4.50. The summed E-state index contributed by atoms with van der Waals surface area (Å²) in [5.74, 6) is -0.647. The van der Waals surface area contributed by atoms with E-state index < -0.39 is 24.0 Å². The highest BCUT2D eigenvalue weighted by Crippen LogP contribution is 2.40. The number of piperazine rings is 1. The maximum absolute atomic E-state index is 12.8. The van der Waals surface area contributed by atoms with Crippen molar-refractivity contribution in [2.45, 2.75) is 63.5 Å². The molecule has 2 fully saturated rings. The highest BCUT2D eigenvalue weighted by atomic mass is 19.3. The molecule has 6 heteroatoms. The van der Waals surface area contributed by atoms with Gasteiger partial charge in [0, 0.05) is 0 Å². The van der Waals surface area contributed by atoms with Crippen LogP contribution in [-0.2, 0) is 9.59 Å². The minimum absolute atomic E-state index is 0.269. The van der Waals surface area contributed by atoms with Crippen molar-refractivity contribution in [3.63, 3.8) is 0 Å². The lowest BCUT2D eigenvalue weighted by Gasteiger charge is -2.50. The predicted octanol–water partition coefficient (Wildman–Crippen LogP) is 1.69. The van der Waals surface area contributed by atoms with Gasteiger partial charge in [-0.1, -0.05) is 19.8 Å². The average molecular weight is 274 g/mol. The maximum atomic E-state index is 12.8. The quantitative estimate of drug-likeness (QED) is 0.851. The normalized spacial score (nSPS) is 30.3. The van der Waals surface area contributed by atoms with Crippen LogP contribution >= 0.6 is 0 Å². The standard InChI is InChI=1S/C13H20F2N2O2/c1-3-12(2)11(19)17(8-9(14)15)13(10(18)16-12)6-4-5-7-13/h9H,3-8H2,1-2H3,(H,16,18). The van der Waals surface area contributed by atoms with Crippen molar-refractivity contribution in [3.8, 4) is 0 Å². The number of nitrogens with zero attached hydrogens (tertiary/aromatic N) is 1. The highest BCUT2D eigenvalue weighted by Gasteiger charge is 2.57. The van der Waals surface area contributed by atoms with Crippen LogP contribution in [-0.4, -0.2) is 40.8 Å². The summed E-state index contributed by atoms with van der Waals surface area (Å²) >= 11 is 0. The van der Waals surface area contributed by atoms with E-state index in [0.29, 0.717) is 19.3 Å². The molecule has 0 aromatic rings. The molecule has 1 heterocycles. The Kier molecular flexibility index (Phi) is 3.53. The van der Waals surface area contributed by atoms with Gasteiger partial charge in [-0.05, 0) is 26.2 Å². The molecule has 4 nitrogen and oxygen atoms in total. The first kappa shape index (κ1) is 14.2. The van der Waals surface area contributed by atoms with Crippen molar-refractivity contribution >= 4 is 11.8 Å². The molecular weight excluding hydrogens is 254 g/mol. The van der Waals surface area contributed by atoms with E-state index in [1.807, 2.05) is 0 Å². The van der Waals surface area contributed by atoms with Gasteiger partial charge in [-0.3, -0.25) is 9.59 Å². The molecule has 0 radical (unpaired) electrons. The molecule has 2 amide bonds. The second kappa shape index (κ2) is 4.72. The van der Waals surface area contributed by atoms with Gasteiger partial charge in [0.15, 0.2) is 0 Å². The number of nitrogens with one attached hydrogen (secondary N) is 1. The Balaban J connectivity index is 2.38. The summed E-state index contributed by atoms with van der Waals surface area (Å²) in [6.45, 7) is 2.72. The van der Waals surface area contributed by atoms with E-state index in [-0.39, 0.29) is 11.8 Å². The van der Waals surface area contributed by atoms with Crippen LogP contribution in [0.25, 0.3) is 0 Å². The summed E-state index contributed by atoms with van der Waals surface area (Å²) < 4.78 is 25.6. The van der Waals surface area contributed by atoms with E-state index in [2.05, 4.69) is 5.32 Å². The van der Waals surface area contributed by atoms with Crippen LogP contribution in [0.15, 0.2) is 0 Å². The van der Waals surface area contributed by atoms with Gasteiger partial charge in [0.05, 0.1) is 6.54 Å². The Bertz CT molecular complexity index is 394. The van der Waals surface area contributed by atoms with Gasteiger partial charge in [-0.2, -0.15) is 0 Å². The van der Waals surface area contributed by atoms with Gasteiger partial charge in [-0.25, -0.2) is 8.78 Å². The smallest absolute Gasteiger partial charge is 0.255 e. The Hall–Kier alpha value is -1.20. The molecule has 19 heavy (non-hydrogen) atoms. The van der Waals surface area contributed by atoms with Crippen molar-refractivity contribution in [2.75, 3.05) is 6.54 Å². The van der Waals surface area contributed by atoms with E-state index in [9.17, 15) is 18.4 Å². The minimum Gasteiger partial charge on any atom is -0.340 e. The first-order chi connectivity index (χ1) is 8.85. The first-order valence-corrected chi connectivity index (χ1v) is 6.78. The Morgan fingerprint density at radius 2 is 1.89 bits per heavy atom. The summed E-state index contributed by atoms with van der Waals surface area (Å²) in [5, 5.41) is 2.75. The number of carbonyl (C=O) groups excluding carboxylic acids is 2. The number of hydrogen-bond acceptors (Lipinski definition) is 2. The van der Waals surface area contributed by atoms with Gasteiger partial charge in [-0.15, -0.1) is 0 Å². The molecule has 1 saturated heterocycles. The SMILES string of the molecule is CCC1(C)NC(=O)C2(CCCC2)N(CC(F)F)C1=O. The van der Waals surface area contributed by atoms with Gasteiger partial charge in [0.25, 0.3) is 6.43 Å². The summed E-state index contributed by atoms with van der Waals surface area (Å²) in [6, 6.07) is 0. The van der Waals surface area contributed by atoms with E-state index in [4.69, 9.17) is 0 Å². The Morgan fingerprint density at radius 1 is 1.32 bits per heavy atom. The fourth-order valence-electron chi connectivity index (χ4n) is 3.13. The lowest BCUT2D eigenvalue weighted by molar-refractivity contribution is -0.165. The van der Waals surface area contributed by atoms with Crippen molar-refractivity contribution in [1.29, 1.82) is 0 Å².